The van der Waals surface area contributed by atoms with E-state index in [1.807, 2.05) is 0 Å². The fourth-order valence-corrected chi connectivity index (χ4v) is 1.94. The zero-order valence-corrected chi connectivity index (χ0v) is 11.9. The normalized spacial score (nSPS) is 10.0. The number of aryl methyl sites for hydroxylation is 1. The lowest BCUT2D eigenvalue weighted by atomic mass is 9.99. The van der Waals surface area contributed by atoms with E-state index in [9.17, 15) is 19.8 Å². The highest BCUT2D eigenvalue weighted by Crippen LogP contribution is 2.35. The minimum absolute atomic E-state index is 0.0441. The van der Waals surface area contributed by atoms with Gasteiger partial charge in [-0.3, -0.25) is 4.79 Å². The number of aromatic hydroxyl groups is 2. The van der Waals surface area contributed by atoms with Gasteiger partial charge in [0.1, 0.15) is 5.75 Å². The van der Waals surface area contributed by atoms with Gasteiger partial charge < -0.3 is 14.9 Å². The van der Waals surface area contributed by atoms with Crippen LogP contribution in [-0.2, 0) is 4.79 Å². The van der Waals surface area contributed by atoms with Crippen molar-refractivity contribution in [2.45, 2.75) is 6.92 Å². The van der Waals surface area contributed by atoms with Gasteiger partial charge in [0.15, 0.2) is 11.5 Å². The average Bonchev–Trinajstić information content (AvgIpc) is 2.51. The zero-order valence-electron chi connectivity index (χ0n) is 11.9. The van der Waals surface area contributed by atoms with E-state index < -0.39 is 17.5 Å². The van der Waals surface area contributed by atoms with E-state index in [-0.39, 0.29) is 22.6 Å². The van der Waals surface area contributed by atoms with E-state index in [4.69, 9.17) is 4.74 Å². The number of para-hydroxylation sites is 1. The molecular weight excluding hydrogens is 284 g/mol. The molecule has 0 aromatic heterocycles. The first-order valence-electron chi connectivity index (χ1n) is 6.45. The van der Waals surface area contributed by atoms with Gasteiger partial charge in [0.05, 0.1) is 11.1 Å². The second kappa shape index (κ2) is 6.13. The number of carbonyl (C=O) groups excluding carboxylic acids is 2. The molecule has 0 spiro atoms. The lowest BCUT2D eigenvalue weighted by Gasteiger charge is -2.12. The third-order valence-corrected chi connectivity index (χ3v) is 3.09. The average molecular weight is 298 g/mol. The zero-order chi connectivity index (χ0) is 16.3. The molecule has 0 heterocycles. The molecule has 5 nitrogen and oxygen atoms in total. The molecule has 0 unspecified atom stereocenters. The molecule has 0 aliphatic carbocycles. The molecule has 0 saturated carbocycles. The van der Waals surface area contributed by atoms with Crippen LogP contribution in [0.5, 0.6) is 17.2 Å². The lowest BCUT2D eigenvalue weighted by Crippen LogP contribution is -2.08. The quantitative estimate of drug-likeness (QED) is 0.392. The van der Waals surface area contributed by atoms with Crippen LogP contribution in [0.4, 0.5) is 0 Å². The number of rotatable bonds is 4. The van der Waals surface area contributed by atoms with Gasteiger partial charge in [0.25, 0.3) is 0 Å². The topological polar surface area (TPSA) is 83.8 Å². The van der Waals surface area contributed by atoms with E-state index in [0.717, 1.165) is 6.08 Å². The lowest BCUT2D eigenvalue weighted by molar-refractivity contribution is -0.129. The van der Waals surface area contributed by atoms with Crippen LogP contribution in [0.3, 0.4) is 0 Å². The van der Waals surface area contributed by atoms with Crippen molar-refractivity contribution >= 4 is 11.8 Å². The summed E-state index contributed by atoms with van der Waals surface area (Å²) >= 11 is 0. The van der Waals surface area contributed by atoms with Gasteiger partial charge in [-0.25, -0.2) is 4.79 Å². The van der Waals surface area contributed by atoms with Gasteiger partial charge in [-0.2, -0.15) is 0 Å². The maximum absolute atomic E-state index is 12.4. The summed E-state index contributed by atoms with van der Waals surface area (Å²) in [5.74, 6) is -2.08. The number of ether oxygens (including phenoxy) is 1. The molecule has 0 fully saturated rings. The Labute approximate surface area is 127 Å². The summed E-state index contributed by atoms with van der Waals surface area (Å²) in [4.78, 5) is 23.7. The Kier molecular flexibility index (Phi) is 4.27. The number of hydrogen-bond donors (Lipinski definition) is 2. The number of ketones is 1. The van der Waals surface area contributed by atoms with Crippen molar-refractivity contribution in [1.29, 1.82) is 0 Å². The number of carbonyl (C=O) groups is 2. The van der Waals surface area contributed by atoms with Crippen LogP contribution in [0.1, 0.15) is 21.5 Å². The Morgan fingerprint density at radius 3 is 2.41 bits per heavy atom. The predicted molar refractivity (Wildman–Crippen MR) is 80.2 cm³/mol. The Morgan fingerprint density at radius 1 is 1.09 bits per heavy atom. The number of hydrogen-bond acceptors (Lipinski definition) is 5. The van der Waals surface area contributed by atoms with E-state index in [2.05, 4.69) is 6.58 Å². The molecule has 0 radical (unpaired) electrons. The van der Waals surface area contributed by atoms with Crippen molar-refractivity contribution in [1.82, 2.24) is 0 Å². The Balaban J connectivity index is 2.51. The van der Waals surface area contributed by atoms with E-state index in [0.29, 0.717) is 5.56 Å². The van der Waals surface area contributed by atoms with E-state index >= 15 is 0 Å². The van der Waals surface area contributed by atoms with Gasteiger partial charge in [-0.1, -0.05) is 24.8 Å². The van der Waals surface area contributed by atoms with Crippen molar-refractivity contribution in [3.05, 3.63) is 65.7 Å². The largest absolute Gasteiger partial charge is 0.507 e. The molecule has 22 heavy (non-hydrogen) atoms. The van der Waals surface area contributed by atoms with Crippen molar-refractivity contribution in [3.8, 4) is 17.2 Å². The second-order valence-corrected chi connectivity index (χ2v) is 4.58. The highest BCUT2D eigenvalue weighted by atomic mass is 16.5. The molecule has 0 atom stereocenters. The molecule has 0 saturated heterocycles. The standard InChI is InChI=1S/C17H14O5/c1-3-14(19)22-17-10(2)8-9-12(16(17)21)15(20)11-6-4-5-7-13(11)18/h3-9,18,21H,1H2,2H3. The Bertz CT molecular complexity index is 762. The molecule has 2 aromatic rings. The summed E-state index contributed by atoms with van der Waals surface area (Å²) in [6.07, 6.45) is 0.955. The van der Waals surface area contributed by atoms with E-state index in [1.165, 1.54) is 18.2 Å². The van der Waals surface area contributed by atoms with Crippen LogP contribution in [0.25, 0.3) is 0 Å². The molecule has 112 valence electrons. The van der Waals surface area contributed by atoms with Crippen LogP contribution in [0.15, 0.2) is 49.1 Å². The summed E-state index contributed by atoms with van der Waals surface area (Å²) < 4.78 is 4.96. The first kappa shape index (κ1) is 15.3. The van der Waals surface area contributed by atoms with Crippen molar-refractivity contribution in [3.63, 3.8) is 0 Å². The molecule has 2 aromatic carbocycles. The first-order valence-corrected chi connectivity index (χ1v) is 6.45. The van der Waals surface area contributed by atoms with Crippen molar-refractivity contribution in [2.75, 3.05) is 0 Å². The molecule has 0 aliphatic rings. The second-order valence-electron chi connectivity index (χ2n) is 4.58. The van der Waals surface area contributed by atoms with Gasteiger partial charge in [-0.15, -0.1) is 0 Å². The van der Waals surface area contributed by atoms with Crippen LogP contribution in [0, 0.1) is 6.92 Å². The maximum atomic E-state index is 12.4. The van der Waals surface area contributed by atoms with Crippen LogP contribution in [-0.4, -0.2) is 22.0 Å². The van der Waals surface area contributed by atoms with Crippen LogP contribution >= 0.6 is 0 Å². The van der Waals surface area contributed by atoms with Gasteiger partial charge in [0.2, 0.25) is 5.78 Å². The van der Waals surface area contributed by atoms with Crippen LogP contribution in [0.2, 0.25) is 0 Å². The SMILES string of the molecule is C=CC(=O)Oc1c(C)ccc(C(=O)c2ccccc2O)c1O. The Morgan fingerprint density at radius 2 is 1.77 bits per heavy atom. The minimum Gasteiger partial charge on any atom is -0.507 e. The van der Waals surface area contributed by atoms with Gasteiger partial charge in [-0.05, 0) is 30.7 Å². The molecule has 5 heteroatoms. The third kappa shape index (κ3) is 2.83. The molecule has 2 rings (SSSR count). The van der Waals surface area contributed by atoms with Crippen LogP contribution < -0.4 is 4.74 Å². The number of esters is 1. The third-order valence-electron chi connectivity index (χ3n) is 3.09. The number of benzene rings is 2. The monoisotopic (exact) mass is 298 g/mol. The summed E-state index contributed by atoms with van der Waals surface area (Å²) in [5, 5.41) is 20.0. The van der Waals surface area contributed by atoms with E-state index in [1.54, 1.807) is 25.1 Å². The molecule has 0 amide bonds. The van der Waals surface area contributed by atoms with Gasteiger partial charge in [0, 0.05) is 6.08 Å². The predicted octanol–water partition coefficient (Wildman–Crippen LogP) is 2.73. The fraction of sp³-hybridized carbons (Fsp3) is 0.0588. The summed E-state index contributed by atoms with van der Waals surface area (Å²) in [6.45, 7) is 4.90. The smallest absolute Gasteiger partial charge is 0.335 e. The van der Waals surface area contributed by atoms with Crippen molar-refractivity contribution < 1.29 is 24.5 Å². The fourth-order valence-electron chi connectivity index (χ4n) is 1.94. The van der Waals surface area contributed by atoms with Crippen molar-refractivity contribution in [2.24, 2.45) is 0 Å². The first-order chi connectivity index (χ1) is 10.5. The number of phenols is 2. The summed E-state index contributed by atoms with van der Waals surface area (Å²) in [6, 6.07) is 8.93. The maximum Gasteiger partial charge on any atom is 0.335 e. The Hall–Kier alpha value is -3.08. The minimum atomic E-state index is -0.745. The molecule has 0 bridgehead atoms. The molecular formula is C17H14O5. The number of phenolic OH excluding ortho intramolecular Hbond substituents is 2. The highest BCUT2D eigenvalue weighted by Gasteiger charge is 2.21. The summed E-state index contributed by atoms with van der Waals surface area (Å²) in [5.41, 5.74) is 0.461. The van der Waals surface area contributed by atoms with Gasteiger partial charge >= 0.3 is 5.97 Å². The summed E-state index contributed by atoms with van der Waals surface area (Å²) in [7, 11) is 0. The molecule has 2 N–H and O–H groups in total. The highest BCUT2D eigenvalue weighted by molar-refractivity contribution is 6.12. The molecule has 0 aliphatic heterocycles.